The van der Waals surface area contributed by atoms with E-state index in [2.05, 4.69) is 46.3 Å². The van der Waals surface area contributed by atoms with Gasteiger partial charge in [0.25, 0.3) is 0 Å². The Morgan fingerprint density at radius 2 is 1.90 bits per heavy atom. The lowest BCUT2D eigenvalue weighted by Gasteiger charge is -2.34. The molecule has 0 saturated carbocycles. The first-order valence-electron chi connectivity index (χ1n) is 8.09. The molecule has 3 saturated heterocycles. The van der Waals surface area contributed by atoms with Crippen molar-refractivity contribution in [2.45, 2.75) is 44.4 Å². The van der Waals surface area contributed by atoms with Crippen LogP contribution in [0.15, 0.2) is 24.3 Å². The molecular formula is C17H23N3O. The molecule has 4 heteroatoms. The number of benzene rings is 1. The van der Waals surface area contributed by atoms with E-state index in [-0.39, 0.29) is 12.1 Å². The van der Waals surface area contributed by atoms with Gasteiger partial charge in [-0.1, -0.05) is 29.8 Å². The fourth-order valence-electron chi connectivity index (χ4n) is 4.30. The fourth-order valence-corrected chi connectivity index (χ4v) is 4.30. The summed E-state index contributed by atoms with van der Waals surface area (Å²) in [5.74, 6) is 0.263. The highest BCUT2D eigenvalue weighted by Gasteiger charge is 2.46. The second-order valence-electron chi connectivity index (χ2n) is 6.60. The third kappa shape index (κ3) is 2.17. The first-order valence-corrected chi connectivity index (χ1v) is 8.09. The number of nitrogens with zero attached hydrogens (tertiary/aromatic N) is 2. The Labute approximate surface area is 126 Å². The Morgan fingerprint density at radius 3 is 2.71 bits per heavy atom. The summed E-state index contributed by atoms with van der Waals surface area (Å²) in [4.78, 5) is 17.2. The maximum Gasteiger partial charge on any atom is 0.238 e. The Kier molecular flexibility index (Phi) is 3.23. The molecule has 3 aliphatic heterocycles. The van der Waals surface area contributed by atoms with Crippen molar-refractivity contribution in [3.8, 4) is 0 Å². The summed E-state index contributed by atoms with van der Waals surface area (Å²) in [5, 5.41) is 3.41. The van der Waals surface area contributed by atoms with Crippen LogP contribution < -0.4 is 5.32 Å². The zero-order valence-corrected chi connectivity index (χ0v) is 12.6. The molecule has 3 atom stereocenters. The highest BCUT2D eigenvalue weighted by molar-refractivity contribution is 5.81. The lowest BCUT2D eigenvalue weighted by molar-refractivity contribution is -0.130. The van der Waals surface area contributed by atoms with Gasteiger partial charge in [-0.3, -0.25) is 15.0 Å². The standard InChI is InChI=1S/C17H23N3O/c1-12-4-6-13(7-5-12)17-18-11-16(21)20(17)15-8-10-19-9-2-3-14(15)19/h4-7,14-15,17-18H,2-3,8-11H2,1H3. The van der Waals surface area contributed by atoms with Crippen molar-refractivity contribution < 1.29 is 4.79 Å². The van der Waals surface area contributed by atoms with E-state index >= 15 is 0 Å². The molecule has 1 aromatic carbocycles. The molecule has 112 valence electrons. The monoisotopic (exact) mass is 285 g/mol. The highest BCUT2D eigenvalue weighted by Crippen LogP contribution is 2.36. The van der Waals surface area contributed by atoms with E-state index in [9.17, 15) is 4.79 Å². The molecule has 1 amide bonds. The lowest BCUT2D eigenvalue weighted by atomic mass is 10.0. The number of carbonyl (C=O) groups excluding carboxylic acids is 1. The van der Waals surface area contributed by atoms with E-state index in [1.165, 1.54) is 30.5 Å². The van der Waals surface area contributed by atoms with E-state index < -0.39 is 0 Å². The molecule has 0 aliphatic carbocycles. The van der Waals surface area contributed by atoms with Crippen LogP contribution in [0.1, 0.15) is 36.6 Å². The Balaban J connectivity index is 1.62. The summed E-state index contributed by atoms with van der Waals surface area (Å²) in [6, 6.07) is 9.55. The molecule has 0 spiro atoms. The normalized spacial score (nSPS) is 32.9. The molecule has 1 N–H and O–H groups in total. The Hall–Kier alpha value is -1.39. The summed E-state index contributed by atoms with van der Waals surface area (Å²) in [6.45, 7) is 4.94. The average molecular weight is 285 g/mol. The van der Waals surface area contributed by atoms with Crippen LogP contribution in [0.5, 0.6) is 0 Å². The summed E-state index contributed by atoms with van der Waals surface area (Å²) < 4.78 is 0. The highest BCUT2D eigenvalue weighted by atomic mass is 16.2. The van der Waals surface area contributed by atoms with Gasteiger partial charge in [-0.05, 0) is 38.3 Å². The van der Waals surface area contributed by atoms with Gasteiger partial charge in [-0.15, -0.1) is 0 Å². The lowest BCUT2D eigenvalue weighted by Crippen LogP contribution is -2.45. The van der Waals surface area contributed by atoms with Crippen LogP contribution in [0, 0.1) is 6.92 Å². The third-order valence-corrected chi connectivity index (χ3v) is 5.33. The van der Waals surface area contributed by atoms with Crippen molar-refractivity contribution in [1.29, 1.82) is 0 Å². The van der Waals surface area contributed by atoms with Gasteiger partial charge in [0.1, 0.15) is 6.17 Å². The van der Waals surface area contributed by atoms with Gasteiger partial charge in [0.05, 0.1) is 12.6 Å². The molecule has 3 unspecified atom stereocenters. The largest absolute Gasteiger partial charge is 0.317 e. The van der Waals surface area contributed by atoms with Gasteiger partial charge >= 0.3 is 0 Å². The number of hydrogen-bond donors (Lipinski definition) is 1. The van der Waals surface area contributed by atoms with E-state index in [4.69, 9.17) is 0 Å². The minimum absolute atomic E-state index is 0.0589. The van der Waals surface area contributed by atoms with E-state index in [1.54, 1.807) is 0 Å². The third-order valence-electron chi connectivity index (χ3n) is 5.33. The average Bonchev–Trinajstić information content (AvgIpc) is 3.15. The van der Waals surface area contributed by atoms with Crippen molar-refractivity contribution in [2.75, 3.05) is 19.6 Å². The maximum absolute atomic E-state index is 12.4. The fraction of sp³-hybridized carbons (Fsp3) is 0.588. The van der Waals surface area contributed by atoms with Crippen molar-refractivity contribution in [3.05, 3.63) is 35.4 Å². The second-order valence-corrected chi connectivity index (χ2v) is 6.60. The molecule has 1 aromatic rings. The molecule has 4 nitrogen and oxygen atoms in total. The summed E-state index contributed by atoms with van der Waals surface area (Å²) >= 11 is 0. The van der Waals surface area contributed by atoms with E-state index in [0.717, 1.165) is 13.0 Å². The van der Waals surface area contributed by atoms with Crippen molar-refractivity contribution in [2.24, 2.45) is 0 Å². The van der Waals surface area contributed by atoms with Gasteiger partial charge in [0, 0.05) is 12.6 Å². The topological polar surface area (TPSA) is 35.6 Å². The second kappa shape index (κ2) is 5.11. The molecule has 3 heterocycles. The molecule has 0 radical (unpaired) electrons. The summed E-state index contributed by atoms with van der Waals surface area (Å²) in [5.41, 5.74) is 2.47. The molecule has 3 aliphatic rings. The predicted octanol–water partition coefficient (Wildman–Crippen LogP) is 1.66. The zero-order valence-electron chi connectivity index (χ0n) is 12.6. The van der Waals surface area contributed by atoms with Gasteiger partial charge < -0.3 is 4.90 Å². The van der Waals surface area contributed by atoms with Crippen LogP contribution in [0.25, 0.3) is 0 Å². The zero-order chi connectivity index (χ0) is 14.4. The Morgan fingerprint density at radius 1 is 1.10 bits per heavy atom. The van der Waals surface area contributed by atoms with Crippen LogP contribution in [0.2, 0.25) is 0 Å². The van der Waals surface area contributed by atoms with Crippen molar-refractivity contribution >= 4 is 5.91 Å². The minimum atomic E-state index is 0.0589. The Bertz CT molecular complexity index is 541. The first kappa shape index (κ1) is 13.3. The molecule has 0 aromatic heterocycles. The number of carbonyl (C=O) groups is 1. The van der Waals surface area contributed by atoms with Crippen LogP contribution in [0.4, 0.5) is 0 Å². The smallest absolute Gasteiger partial charge is 0.238 e. The van der Waals surface area contributed by atoms with Crippen LogP contribution >= 0.6 is 0 Å². The van der Waals surface area contributed by atoms with Crippen molar-refractivity contribution in [1.82, 2.24) is 15.1 Å². The summed E-state index contributed by atoms with van der Waals surface area (Å²) in [6.07, 6.45) is 3.71. The molecule has 0 bridgehead atoms. The summed E-state index contributed by atoms with van der Waals surface area (Å²) in [7, 11) is 0. The first-order chi connectivity index (χ1) is 10.2. The van der Waals surface area contributed by atoms with Crippen LogP contribution in [0.3, 0.4) is 0 Å². The quantitative estimate of drug-likeness (QED) is 0.898. The van der Waals surface area contributed by atoms with Gasteiger partial charge in [0.15, 0.2) is 0 Å². The van der Waals surface area contributed by atoms with E-state index in [0.29, 0.717) is 18.6 Å². The molecule has 21 heavy (non-hydrogen) atoms. The van der Waals surface area contributed by atoms with Gasteiger partial charge in [0.2, 0.25) is 5.91 Å². The molecule has 4 rings (SSSR count). The number of fused-ring (bicyclic) bond motifs is 1. The maximum atomic E-state index is 12.4. The SMILES string of the molecule is Cc1ccc(C2NCC(=O)N2C2CCN3CCCC23)cc1. The van der Waals surface area contributed by atoms with Crippen LogP contribution in [-0.2, 0) is 4.79 Å². The minimum Gasteiger partial charge on any atom is -0.317 e. The van der Waals surface area contributed by atoms with E-state index in [1.807, 2.05) is 0 Å². The van der Waals surface area contributed by atoms with Crippen molar-refractivity contribution in [3.63, 3.8) is 0 Å². The number of aryl methyl sites for hydroxylation is 1. The van der Waals surface area contributed by atoms with Gasteiger partial charge in [-0.2, -0.15) is 0 Å². The molecular weight excluding hydrogens is 262 g/mol. The van der Waals surface area contributed by atoms with Gasteiger partial charge in [-0.25, -0.2) is 0 Å². The number of amides is 1. The van der Waals surface area contributed by atoms with Crippen LogP contribution in [-0.4, -0.2) is 47.4 Å². The number of hydrogen-bond acceptors (Lipinski definition) is 3. The molecule has 3 fully saturated rings. The number of nitrogens with one attached hydrogen (secondary N) is 1. The predicted molar refractivity (Wildman–Crippen MR) is 81.8 cm³/mol. The number of rotatable bonds is 2.